The Hall–Kier alpha value is -3.01. The second-order valence-corrected chi connectivity index (χ2v) is 9.50. The third-order valence-corrected chi connectivity index (χ3v) is 6.62. The van der Waals surface area contributed by atoms with Gasteiger partial charge in [-0.3, -0.25) is 19.3 Å². The lowest BCUT2D eigenvalue weighted by Gasteiger charge is -2.12. The molecule has 0 radical (unpaired) electrons. The van der Waals surface area contributed by atoms with Gasteiger partial charge in [0, 0.05) is 16.7 Å². The fourth-order valence-corrected chi connectivity index (χ4v) is 4.65. The maximum absolute atomic E-state index is 13.3. The highest BCUT2D eigenvalue weighted by molar-refractivity contribution is 8.18. The molecule has 0 spiro atoms. The minimum atomic E-state index is -0.621. The summed E-state index contributed by atoms with van der Waals surface area (Å²) in [6.45, 7) is 1.53. The fraction of sp³-hybridized carbons (Fsp3) is 0.0870. The first-order valence-corrected chi connectivity index (χ1v) is 11.6. The van der Waals surface area contributed by atoms with Crippen molar-refractivity contribution in [1.29, 1.82) is 0 Å². The Morgan fingerprint density at radius 3 is 2.67 bits per heavy atom. The van der Waals surface area contributed by atoms with Crippen molar-refractivity contribution in [3.05, 3.63) is 81.7 Å². The van der Waals surface area contributed by atoms with Crippen LogP contribution in [0.2, 0.25) is 5.02 Å². The van der Waals surface area contributed by atoms with E-state index in [9.17, 15) is 18.8 Å². The van der Waals surface area contributed by atoms with Crippen molar-refractivity contribution in [2.75, 3.05) is 11.9 Å². The van der Waals surface area contributed by atoms with Crippen LogP contribution in [0.15, 0.2) is 73.9 Å². The SMILES string of the molecule is Cc1ccc(Sc2ccc(/C=C3\SC(=O)N(CC(=O)Nc4ccc(F)c(Cl)c4)C3=O)o2)cc1. The lowest BCUT2D eigenvalue weighted by atomic mass is 10.2. The number of furan rings is 1. The van der Waals surface area contributed by atoms with Crippen LogP contribution in [-0.2, 0) is 9.59 Å². The predicted octanol–water partition coefficient (Wildman–Crippen LogP) is 6.21. The van der Waals surface area contributed by atoms with Crippen LogP contribution < -0.4 is 5.32 Å². The lowest BCUT2D eigenvalue weighted by Crippen LogP contribution is -2.36. The molecule has 1 aliphatic rings. The molecule has 3 aromatic rings. The second-order valence-electron chi connectivity index (χ2n) is 7.02. The molecule has 1 aromatic heterocycles. The molecule has 168 valence electrons. The van der Waals surface area contributed by atoms with E-state index in [1.807, 2.05) is 31.2 Å². The molecule has 1 fully saturated rings. The van der Waals surface area contributed by atoms with Gasteiger partial charge in [0.1, 0.15) is 18.1 Å². The van der Waals surface area contributed by atoms with Crippen molar-refractivity contribution in [2.24, 2.45) is 0 Å². The van der Waals surface area contributed by atoms with E-state index in [-0.39, 0.29) is 15.6 Å². The molecule has 0 saturated carbocycles. The molecule has 2 heterocycles. The highest BCUT2D eigenvalue weighted by Crippen LogP contribution is 2.34. The molecule has 10 heteroatoms. The number of hydrogen-bond donors (Lipinski definition) is 1. The number of nitrogens with zero attached hydrogens (tertiary/aromatic N) is 1. The van der Waals surface area contributed by atoms with Crippen LogP contribution in [-0.4, -0.2) is 28.5 Å². The van der Waals surface area contributed by atoms with E-state index in [2.05, 4.69) is 5.32 Å². The number of anilines is 1. The standard InChI is InChI=1S/C23H16ClFN2O4S2/c1-13-2-6-16(7-3-13)32-21-9-5-15(31-21)11-19-22(29)27(23(30)33-19)12-20(28)26-14-4-8-18(25)17(24)10-14/h2-11H,12H2,1H3,(H,26,28)/b19-11-. The molecule has 0 atom stereocenters. The van der Waals surface area contributed by atoms with Crippen molar-refractivity contribution in [2.45, 2.75) is 16.9 Å². The van der Waals surface area contributed by atoms with Gasteiger partial charge in [-0.05, 0) is 61.2 Å². The molecular formula is C23H16ClFN2O4S2. The maximum atomic E-state index is 13.3. The molecule has 0 unspecified atom stereocenters. The topological polar surface area (TPSA) is 79.6 Å². The summed E-state index contributed by atoms with van der Waals surface area (Å²) in [6.07, 6.45) is 1.47. The third-order valence-electron chi connectivity index (χ3n) is 4.49. The van der Waals surface area contributed by atoms with Crippen molar-refractivity contribution < 1.29 is 23.2 Å². The predicted molar refractivity (Wildman–Crippen MR) is 127 cm³/mol. The molecule has 1 N–H and O–H groups in total. The van der Waals surface area contributed by atoms with Gasteiger partial charge in [-0.2, -0.15) is 0 Å². The lowest BCUT2D eigenvalue weighted by molar-refractivity contribution is -0.127. The number of amides is 3. The van der Waals surface area contributed by atoms with Crippen molar-refractivity contribution in [3.8, 4) is 0 Å². The van der Waals surface area contributed by atoms with Crippen LogP contribution in [0, 0.1) is 12.7 Å². The first-order valence-electron chi connectivity index (χ1n) is 9.63. The molecule has 4 rings (SSSR count). The molecular weight excluding hydrogens is 487 g/mol. The number of hydrogen-bond acceptors (Lipinski definition) is 6. The van der Waals surface area contributed by atoms with E-state index in [4.69, 9.17) is 16.0 Å². The quantitative estimate of drug-likeness (QED) is 0.404. The Labute approximate surface area is 202 Å². The van der Waals surface area contributed by atoms with Crippen LogP contribution in [0.3, 0.4) is 0 Å². The Bertz CT molecular complexity index is 1270. The monoisotopic (exact) mass is 502 g/mol. The highest BCUT2D eigenvalue weighted by atomic mass is 35.5. The number of aryl methyl sites for hydroxylation is 1. The van der Waals surface area contributed by atoms with Crippen LogP contribution in [0.5, 0.6) is 0 Å². The largest absolute Gasteiger partial charge is 0.450 e. The van der Waals surface area contributed by atoms with Gasteiger partial charge in [0.25, 0.3) is 11.1 Å². The van der Waals surface area contributed by atoms with Crippen LogP contribution in [0.1, 0.15) is 11.3 Å². The first kappa shape index (κ1) is 23.2. The minimum absolute atomic E-state index is 0.152. The minimum Gasteiger partial charge on any atom is -0.450 e. The zero-order valence-electron chi connectivity index (χ0n) is 17.1. The zero-order chi connectivity index (χ0) is 23.5. The zero-order valence-corrected chi connectivity index (χ0v) is 19.5. The molecule has 6 nitrogen and oxygen atoms in total. The van der Waals surface area contributed by atoms with Gasteiger partial charge >= 0.3 is 0 Å². The van der Waals surface area contributed by atoms with E-state index in [0.717, 1.165) is 33.2 Å². The Morgan fingerprint density at radius 1 is 1.18 bits per heavy atom. The fourth-order valence-electron chi connectivity index (χ4n) is 2.87. The molecule has 33 heavy (non-hydrogen) atoms. The van der Waals surface area contributed by atoms with Crippen molar-refractivity contribution in [3.63, 3.8) is 0 Å². The van der Waals surface area contributed by atoms with E-state index >= 15 is 0 Å². The summed E-state index contributed by atoms with van der Waals surface area (Å²) in [5, 5.41) is 2.40. The molecule has 0 bridgehead atoms. The van der Waals surface area contributed by atoms with Crippen molar-refractivity contribution >= 4 is 63.9 Å². The average molecular weight is 503 g/mol. The summed E-state index contributed by atoms with van der Waals surface area (Å²) >= 11 is 7.86. The number of benzene rings is 2. The smallest absolute Gasteiger partial charge is 0.294 e. The summed E-state index contributed by atoms with van der Waals surface area (Å²) in [7, 11) is 0. The average Bonchev–Trinajstić information content (AvgIpc) is 3.32. The van der Waals surface area contributed by atoms with Gasteiger partial charge in [0.05, 0.1) is 9.93 Å². The highest BCUT2D eigenvalue weighted by Gasteiger charge is 2.36. The van der Waals surface area contributed by atoms with E-state index < -0.39 is 29.4 Å². The van der Waals surface area contributed by atoms with Crippen molar-refractivity contribution in [1.82, 2.24) is 4.90 Å². The molecule has 1 saturated heterocycles. The van der Waals surface area contributed by atoms with E-state index in [0.29, 0.717) is 10.9 Å². The third kappa shape index (κ3) is 5.68. The Kier molecular flexibility index (Phi) is 6.92. The van der Waals surface area contributed by atoms with Gasteiger partial charge in [-0.15, -0.1) is 0 Å². The van der Waals surface area contributed by atoms with Crippen LogP contribution >= 0.6 is 35.1 Å². The number of imide groups is 1. The molecule has 3 amide bonds. The molecule has 1 aliphatic heterocycles. The summed E-state index contributed by atoms with van der Waals surface area (Å²) < 4.78 is 19.0. The summed E-state index contributed by atoms with van der Waals surface area (Å²) in [5.74, 6) is -1.41. The number of halogens is 2. The molecule has 0 aliphatic carbocycles. The molecule has 2 aromatic carbocycles. The number of thioether (sulfide) groups is 1. The Balaban J connectivity index is 1.40. The summed E-state index contributed by atoms with van der Waals surface area (Å²) in [6, 6.07) is 15.1. The number of carbonyl (C=O) groups is 3. The van der Waals surface area contributed by atoms with Gasteiger partial charge in [0.2, 0.25) is 5.91 Å². The van der Waals surface area contributed by atoms with E-state index in [1.54, 1.807) is 12.1 Å². The summed E-state index contributed by atoms with van der Waals surface area (Å²) in [5.41, 5.74) is 1.41. The summed E-state index contributed by atoms with van der Waals surface area (Å²) in [4.78, 5) is 39.2. The van der Waals surface area contributed by atoms with Gasteiger partial charge in [-0.1, -0.05) is 41.1 Å². The van der Waals surface area contributed by atoms with Crippen LogP contribution in [0.25, 0.3) is 6.08 Å². The maximum Gasteiger partial charge on any atom is 0.294 e. The normalized spacial score (nSPS) is 14.9. The van der Waals surface area contributed by atoms with Gasteiger partial charge < -0.3 is 9.73 Å². The second kappa shape index (κ2) is 9.86. The number of rotatable bonds is 6. The Morgan fingerprint density at radius 2 is 1.94 bits per heavy atom. The van der Waals surface area contributed by atoms with Crippen LogP contribution in [0.4, 0.5) is 14.9 Å². The van der Waals surface area contributed by atoms with E-state index in [1.165, 1.54) is 30.0 Å². The van der Waals surface area contributed by atoms with Gasteiger partial charge in [0.15, 0.2) is 5.09 Å². The number of carbonyl (C=O) groups excluding carboxylic acids is 3. The first-order chi connectivity index (χ1) is 15.8. The van der Waals surface area contributed by atoms with Gasteiger partial charge in [-0.25, -0.2) is 4.39 Å². The number of nitrogens with one attached hydrogen (secondary N) is 1.